The Morgan fingerprint density at radius 1 is 0.471 bits per heavy atom. The lowest BCUT2D eigenvalue weighted by molar-refractivity contribution is -0.332. The summed E-state index contributed by atoms with van der Waals surface area (Å²) in [5.41, 5.74) is 0. The number of hydrogen-bond donors (Lipinski definition) is 7. The van der Waals surface area contributed by atoms with Gasteiger partial charge in [-0.2, -0.15) is 0 Å². The predicted octanol–water partition coefficient (Wildman–Crippen LogP) is 6.37. The minimum absolute atomic E-state index is 0.0933. The van der Waals surface area contributed by atoms with Crippen molar-refractivity contribution in [1.82, 2.24) is 0 Å². The topological polar surface area (TPSA) is 231 Å². The quantitative estimate of drug-likeness (QED) is 0.0208. The molecule has 0 bridgehead atoms. The molecule has 2 fully saturated rings. The standard InChI is InChI=1S/C53H82O15/c1-3-5-7-9-11-13-15-17-19-20-22-23-25-27-29-31-33-35-44(55)63-38-41(66-45(56)36-34-32-30-28-26-24-21-18-16-14-12-10-8-6-4-2)39-64-52-51(62)49(60)47(58)43(68-52)40-65-53-50(61)48(59)46(57)42(37-54)67-53/h5-8,11-14,17-19,21-23,26-29,41-43,46-54,57-62H,3-4,9-10,15-16,20,24-25,30-40H2,1-2H3/b7-5-,8-6-,13-11-,14-12-,19-17-,21-18-,23-22-,28-26-,29-27-/t41-,42+,43-,46+,47+,48+,49+,50-,51-,52-,53+/m1/s1. The molecule has 0 aromatic heterocycles. The van der Waals surface area contributed by atoms with Crippen molar-refractivity contribution in [3.63, 3.8) is 0 Å². The summed E-state index contributed by atoms with van der Waals surface area (Å²) in [5, 5.41) is 72.0. The van der Waals surface area contributed by atoms with Crippen LogP contribution < -0.4 is 0 Å². The van der Waals surface area contributed by atoms with Crippen LogP contribution in [0.2, 0.25) is 0 Å². The Morgan fingerprint density at radius 3 is 1.37 bits per heavy atom. The van der Waals surface area contributed by atoms with Crippen LogP contribution in [0.5, 0.6) is 0 Å². The third-order valence-corrected chi connectivity index (χ3v) is 10.7. The maximum Gasteiger partial charge on any atom is 0.306 e. The van der Waals surface area contributed by atoms with Crippen LogP contribution >= 0.6 is 0 Å². The zero-order chi connectivity index (χ0) is 49.6. The lowest BCUT2D eigenvalue weighted by Gasteiger charge is -2.42. The number of carbonyl (C=O) groups is 2. The molecule has 2 saturated heterocycles. The summed E-state index contributed by atoms with van der Waals surface area (Å²) in [7, 11) is 0. The van der Waals surface area contributed by atoms with Gasteiger partial charge in [0.2, 0.25) is 0 Å². The first-order valence-electron chi connectivity index (χ1n) is 24.5. The number of esters is 2. The van der Waals surface area contributed by atoms with E-state index in [9.17, 15) is 45.3 Å². The molecule has 0 spiro atoms. The van der Waals surface area contributed by atoms with Crippen LogP contribution in [0.15, 0.2) is 109 Å². The van der Waals surface area contributed by atoms with Gasteiger partial charge >= 0.3 is 11.9 Å². The van der Waals surface area contributed by atoms with Gasteiger partial charge in [-0.05, 0) is 89.9 Å². The number of rotatable bonds is 35. The van der Waals surface area contributed by atoms with Crippen LogP contribution in [0.4, 0.5) is 0 Å². The Labute approximate surface area is 404 Å². The first-order chi connectivity index (χ1) is 33.0. The van der Waals surface area contributed by atoms with Crippen molar-refractivity contribution in [2.45, 2.75) is 184 Å². The van der Waals surface area contributed by atoms with Gasteiger partial charge in [0.15, 0.2) is 18.7 Å². The van der Waals surface area contributed by atoms with Crippen molar-refractivity contribution in [2.24, 2.45) is 0 Å². The number of unbranched alkanes of at least 4 members (excludes halogenated alkanes) is 3. The Kier molecular flexibility index (Phi) is 34.5. The largest absolute Gasteiger partial charge is 0.462 e. The van der Waals surface area contributed by atoms with E-state index in [1.807, 2.05) is 12.2 Å². The molecule has 2 rings (SSSR count). The van der Waals surface area contributed by atoms with E-state index in [4.69, 9.17) is 28.4 Å². The lowest BCUT2D eigenvalue weighted by atomic mass is 9.98. The molecule has 68 heavy (non-hydrogen) atoms. The molecule has 2 heterocycles. The van der Waals surface area contributed by atoms with Gasteiger partial charge in [0.1, 0.15) is 55.4 Å². The molecule has 0 unspecified atom stereocenters. The number of ether oxygens (including phenoxy) is 6. The van der Waals surface area contributed by atoms with Gasteiger partial charge < -0.3 is 64.2 Å². The van der Waals surface area contributed by atoms with Gasteiger partial charge in [0, 0.05) is 12.8 Å². The Bertz CT molecular complexity index is 1600. The zero-order valence-electron chi connectivity index (χ0n) is 40.3. The number of carbonyl (C=O) groups excluding carboxylic acids is 2. The van der Waals surface area contributed by atoms with E-state index >= 15 is 0 Å². The Morgan fingerprint density at radius 2 is 0.882 bits per heavy atom. The molecule has 0 amide bonds. The summed E-state index contributed by atoms with van der Waals surface area (Å²) in [6.07, 6.45) is 32.7. The van der Waals surface area contributed by atoms with Gasteiger partial charge in [0.05, 0.1) is 19.8 Å². The van der Waals surface area contributed by atoms with E-state index in [0.717, 1.165) is 70.6 Å². The highest BCUT2D eigenvalue weighted by Gasteiger charge is 2.47. The van der Waals surface area contributed by atoms with E-state index in [2.05, 4.69) is 111 Å². The summed E-state index contributed by atoms with van der Waals surface area (Å²) in [6, 6.07) is 0. The summed E-state index contributed by atoms with van der Waals surface area (Å²) in [6.45, 7) is 2.21. The Balaban J connectivity index is 1.88. The van der Waals surface area contributed by atoms with Crippen molar-refractivity contribution in [3.05, 3.63) is 109 Å². The maximum absolute atomic E-state index is 13.0. The van der Waals surface area contributed by atoms with Crippen LogP contribution in [0.1, 0.15) is 117 Å². The van der Waals surface area contributed by atoms with Crippen LogP contribution in [0.25, 0.3) is 0 Å². The second-order valence-corrected chi connectivity index (χ2v) is 16.5. The zero-order valence-corrected chi connectivity index (χ0v) is 40.3. The van der Waals surface area contributed by atoms with E-state index in [1.165, 1.54) is 0 Å². The normalized spacial score (nSPS) is 26.7. The Hall–Kier alpha value is -3.84. The van der Waals surface area contributed by atoms with Crippen molar-refractivity contribution >= 4 is 11.9 Å². The molecule has 7 N–H and O–H groups in total. The number of aliphatic hydroxyl groups excluding tert-OH is 7. The molecule has 0 aliphatic carbocycles. The summed E-state index contributed by atoms with van der Waals surface area (Å²) < 4.78 is 33.4. The second-order valence-electron chi connectivity index (χ2n) is 16.5. The minimum atomic E-state index is -1.79. The van der Waals surface area contributed by atoms with Gasteiger partial charge in [0.25, 0.3) is 0 Å². The van der Waals surface area contributed by atoms with E-state index in [1.54, 1.807) is 0 Å². The van der Waals surface area contributed by atoms with Crippen molar-refractivity contribution < 1.29 is 73.8 Å². The molecule has 0 saturated carbocycles. The molecule has 0 aromatic carbocycles. The summed E-state index contributed by atoms with van der Waals surface area (Å²) in [5.74, 6) is -1.06. The van der Waals surface area contributed by atoms with E-state index < -0.39 is 99.3 Å². The maximum atomic E-state index is 13.0. The SMILES string of the molecule is CC/C=C\C/C=C\C/C=C\C/C=C\C/C=C\CCCC(=O)OC[C@H](CO[C@@H]1O[C@H](CO[C@H]2O[C@@H](CO)[C@H](O)[C@H](O)[C@H]2O)[C@H](O)[C@H](O)[C@H]1O)OC(=O)CCCC/C=C\C/C=C\C/C=C\C/C=C\CC. The van der Waals surface area contributed by atoms with Crippen molar-refractivity contribution in [2.75, 3.05) is 26.4 Å². The molecule has 0 radical (unpaired) electrons. The molecule has 0 aromatic rings. The number of allylic oxidation sites excluding steroid dienone is 18. The first kappa shape index (κ1) is 60.3. The summed E-state index contributed by atoms with van der Waals surface area (Å²) >= 11 is 0. The molecular weight excluding hydrogens is 877 g/mol. The number of hydrogen-bond acceptors (Lipinski definition) is 15. The third-order valence-electron chi connectivity index (χ3n) is 10.7. The molecule has 2 aliphatic heterocycles. The fraction of sp³-hybridized carbons (Fsp3) is 0.623. The highest BCUT2D eigenvalue weighted by molar-refractivity contribution is 5.70. The van der Waals surface area contributed by atoms with E-state index in [0.29, 0.717) is 19.3 Å². The fourth-order valence-electron chi connectivity index (χ4n) is 6.77. The minimum Gasteiger partial charge on any atom is -0.462 e. The molecule has 15 heteroatoms. The van der Waals surface area contributed by atoms with Gasteiger partial charge in [-0.3, -0.25) is 9.59 Å². The molecular formula is C53H82O15. The van der Waals surface area contributed by atoms with Gasteiger partial charge in [-0.1, -0.05) is 123 Å². The highest BCUT2D eigenvalue weighted by Crippen LogP contribution is 2.26. The van der Waals surface area contributed by atoms with Crippen LogP contribution in [0, 0.1) is 0 Å². The average molecular weight is 959 g/mol. The second kappa shape index (κ2) is 38.9. The highest BCUT2D eigenvalue weighted by atomic mass is 16.7. The number of aliphatic hydroxyl groups is 7. The molecule has 2 aliphatic rings. The fourth-order valence-corrected chi connectivity index (χ4v) is 6.77. The van der Waals surface area contributed by atoms with Crippen LogP contribution in [-0.4, -0.2) is 142 Å². The van der Waals surface area contributed by atoms with Crippen LogP contribution in [-0.2, 0) is 38.0 Å². The average Bonchev–Trinajstić information content (AvgIpc) is 3.33. The van der Waals surface area contributed by atoms with Gasteiger partial charge in [-0.25, -0.2) is 0 Å². The first-order valence-corrected chi connectivity index (χ1v) is 24.5. The lowest BCUT2D eigenvalue weighted by Crippen LogP contribution is -2.61. The monoisotopic (exact) mass is 959 g/mol. The van der Waals surface area contributed by atoms with Gasteiger partial charge in [-0.15, -0.1) is 0 Å². The van der Waals surface area contributed by atoms with Crippen molar-refractivity contribution in [3.8, 4) is 0 Å². The predicted molar refractivity (Wildman–Crippen MR) is 261 cm³/mol. The summed E-state index contributed by atoms with van der Waals surface area (Å²) in [4.78, 5) is 25.7. The van der Waals surface area contributed by atoms with E-state index in [-0.39, 0.29) is 19.4 Å². The smallest absolute Gasteiger partial charge is 0.306 e. The molecule has 15 nitrogen and oxygen atoms in total. The molecule has 11 atom stereocenters. The molecule has 384 valence electrons. The third kappa shape index (κ3) is 26.8. The van der Waals surface area contributed by atoms with Crippen molar-refractivity contribution in [1.29, 1.82) is 0 Å². The van der Waals surface area contributed by atoms with Crippen LogP contribution in [0.3, 0.4) is 0 Å².